The van der Waals surface area contributed by atoms with Crippen LogP contribution in [0.5, 0.6) is 0 Å². The van der Waals surface area contributed by atoms with Crippen molar-refractivity contribution in [2.45, 2.75) is 84.7 Å². The summed E-state index contributed by atoms with van der Waals surface area (Å²) in [6, 6.07) is 6.56. The maximum absolute atomic E-state index is 12.1. The summed E-state index contributed by atoms with van der Waals surface area (Å²) in [5.74, 6) is -0.778. The maximum atomic E-state index is 12.1. The zero-order valence-corrected chi connectivity index (χ0v) is 16.6. The largest absolute Gasteiger partial charge is 0.462 e. The van der Waals surface area contributed by atoms with Gasteiger partial charge >= 0.3 is 11.9 Å². The lowest BCUT2D eigenvalue weighted by Gasteiger charge is -2.12. The third-order valence-corrected chi connectivity index (χ3v) is 4.32. The molecule has 0 aromatic heterocycles. The molecule has 0 bridgehead atoms. The van der Waals surface area contributed by atoms with Gasteiger partial charge in [0, 0.05) is 0 Å². The van der Waals surface area contributed by atoms with Gasteiger partial charge in [-0.05, 0) is 38.0 Å². The average molecular weight is 363 g/mol. The van der Waals surface area contributed by atoms with Gasteiger partial charge in [-0.15, -0.1) is 0 Å². The summed E-state index contributed by atoms with van der Waals surface area (Å²) < 4.78 is 10.7. The first-order valence-corrected chi connectivity index (χ1v) is 10.1. The topological polar surface area (TPSA) is 52.6 Å². The van der Waals surface area contributed by atoms with E-state index in [-0.39, 0.29) is 12.1 Å². The van der Waals surface area contributed by atoms with E-state index in [4.69, 9.17) is 9.47 Å². The second-order valence-corrected chi connectivity index (χ2v) is 6.84. The molecule has 0 spiro atoms. The number of esters is 2. The lowest BCUT2D eigenvalue weighted by atomic mass is 10.1. The molecule has 1 unspecified atom stereocenters. The van der Waals surface area contributed by atoms with Gasteiger partial charge in [-0.3, -0.25) is 0 Å². The van der Waals surface area contributed by atoms with Crippen LogP contribution in [0.1, 0.15) is 99.3 Å². The molecule has 0 amide bonds. The summed E-state index contributed by atoms with van der Waals surface area (Å²) in [6.45, 7) is 6.56. The Hall–Kier alpha value is -1.84. The van der Waals surface area contributed by atoms with E-state index in [0.29, 0.717) is 17.7 Å². The molecule has 4 heteroatoms. The van der Waals surface area contributed by atoms with Crippen molar-refractivity contribution in [1.82, 2.24) is 0 Å². The van der Waals surface area contributed by atoms with Gasteiger partial charge in [-0.2, -0.15) is 0 Å². The Labute approximate surface area is 158 Å². The molecule has 0 fully saturated rings. The molecule has 1 aromatic carbocycles. The molecule has 0 N–H and O–H groups in total. The molecule has 0 aliphatic heterocycles. The lowest BCUT2D eigenvalue weighted by molar-refractivity contribution is 0.0323. The van der Waals surface area contributed by atoms with Crippen LogP contribution in [0, 0.1) is 0 Å². The molecule has 1 rings (SSSR count). The Morgan fingerprint density at radius 1 is 0.885 bits per heavy atom. The van der Waals surface area contributed by atoms with Crippen LogP contribution in [-0.2, 0) is 9.47 Å². The van der Waals surface area contributed by atoms with Gasteiger partial charge in [0.2, 0.25) is 0 Å². The Balaban J connectivity index is 2.37. The standard InChI is InChI=1S/C22H34O4/c1-4-6-7-8-9-10-11-16-25-21(23)19-14-12-15-20(17-19)22(24)26-18(3)13-5-2/h12,14-15,17-18H,4-11,13,16H2,1-3H3. The summed E-state index contributed by atoms with van der Waals surface area (Å²) in [7, 11) is 0. The van der Waals surface area contributed by atoms with E-state index in [2.05, 4.69) is 6.92 Å². The van der Waals surface area contributed by atoms with Crippen molar-refractivity contribution in [1.29, 1.82) is 0 Å². The van der Waals surface area contributed by atoms with Gasteiger partial charge in [0.05, 0.1) is 23.8 Å². The van der Waals surface area contributed by atoms with Crippen LogP contribution in [0.25, 0.3) is 0 Å². The van der Waals surface area contributed by atoms with Crippen molar-refractivity contribution in [2.24, 2.45) is 0 Å². The molecule has 0 heterocycles. The molecule has 1 aromatic rings. The van der Waals surface area contributed by atoms with E-state index >= 15 is 0 Å². The number of rotatable bonds is 13. The fourth-order valence-electron chi connectivity index (χ4n) is 2.80. The quantitative estimate of drug-likeness (QED) is 0.322. The van der Waals surface area contributed by atoms with Gasteiger partial charge in [0.15, 0.2) is 0 Å². The Morgan fingerprint density at radius 3 is 2.15 bits per heavy atom. The summed E-state index contributed by atoms with van der Waals surface area (Å²) in [5.41, 5.74) is 0.781. The van der Waals surface area contributed by atoms with Crippen LogP contribution in [0.15, 0.2) is 24.3 Å². The van der Waals surface area contributed by atoms with Crippen LogP contribution < -0.4 is 0 Å². The smallest absolute Gasteiger partial charge is 0.338 e. The number of unbranched alkanes of at least 4 members (excludes halogenated alkanes) is 6. The van der Waals surface area contributed by atoms with Crippen LogP contribution in [0.3, 0.4) is 0 Å². The minimum absolute atomic E-state index is 0.125. The highest BCUT2D eigenvalue weighted by atomic mass is 16.5. The predicted octanol–water partition coefficient (Wildman–Crippen LogP) is 5.94. The summed E-state index contributed by atoms with van der Waals surface area (Å²) >= 11 is 0. The van der Waals surface area contributed by atoms with E-state index in [9.17, 15) is 9.59 Å². The van der Waals surface area contributed by atoms with Gasteiger partial charge in [-0.25, -0.2) is 9.59 Å². The Kier molecular flexibility index (Phi) is 11.4. The van der Waals surface area contributed by atoms with E-state index in [1.165, 1.54) is 32.1 Å². The highest BCUT2D eigenvalue weighted by Gasteiger charge is 2.14. The Bertz CT molecular complexity index is 539. The summed E-state index contributed by atoms with van der Waals surface area (Å²) in [4.78, 5) is 24.3. The van der Waals surface area contributed by atoms with E-state index in [1.807, 2.05) is 13.8 Å². The molecular weight excluding hydrogens is 328 g/mol. The SMILES string of the molecule is CCCCCCCCCOC(=O)c1cccc(C(=O)OC(C)CCC)c1. The number of carbonyl (C=O) groups is 2. The minimum atomic E-state index is -0.396. The zero-order chi connectivity index (χ0) is 19.2. The van der Waals surface area contributed by atoms with Gasteiger partial charge < -0.3 is 9.47 Å². The van der Waals surface area contributed by atoms with Crippen molar-refractivity contribution in [3.8, 4) is 0 Å². The van der Waals surface area contributed by atoms with Crippen LogP contribution in [0.4, 0.5) is 0 Å². The number of hydrogen-bond donors (Lipinski definition) is 0. The fraction of sp³-hybridized carbons (Fsp3) is 0.636. The van der Waals surface area contributed by atoms with Crippen LogP contribution in [-0.4, -0.2) is 24.6 Å². The van der Waals surface area contributed by atoms with Crippen molar-refractivity contribution >= 4 is 11.9 Å². The monoisotopic (exact) mass is 362 g/mol. The van der Waals surface area contributed by atoms with E-state index in [1.54, 1.807) is 24.3 Å². The molecule has 0 radical (unpaired) electrons. The highest BCUT2D eigenvalue weighted by molar-refractivity contribution is 5.95. The second-order valence-electron chi connectivity index (χ2n) is 6.84. The molecule has 0 aliphatic carbocycles. The van der Waals surface area contributed by atoms with Crippen molar-refractivity contribution in [3.63, 3.8) is 0 Å². The van der Waals surface area contributed by atoms with Crippen molar-refractivity contribution < 1.29 is 19.1 Å². The lowest BCUT2D eigenvalue weighted by Crippen LogP contribution is -2.15. The van der Waals surface area contributed by atoms with Crippen molar-refractivity contribution in [3.05, 3.63) is 35.4 Å². The molecule has 4 nitrogen and oxygen atoms in total. The third-order valence-electron chi connectivity index (χ3n) is 4.32. The predicted molar refractivity (Wildman–Crippen MR) is 105 cm³/mol. The third kappa shape index (κ3) is 9.02. The first-order chi connectivity index (χ1) is 12.6. The first kappa shape index (κ1) is 22.2. The summed E-state index contributed by atoms with van der Waals surface area (Å²) in [6.07, 6.45) is 9.90. The molecule has 26 heavy (non-hydrogen) atoms. The molecule has 0 saturated heterocycles. The molecule has 0 saturated carbocycles. The number of ether oxygens (including phenoxy) is 2. The van der Waals surface area contributed by atoms with Gasteiger partial charge in [-0.1, -0.05) is 64.9 Å². The average Bonchev–Trinajstić information content (AvgIpc) is 2.64. The molecule has 146 valence electrons. The second kappa shape index (κ2) is 13.4. The molecular formula is C22H34O4. The molecule has 0 aliphatic rings. The first-order valence-electron chi connectivity index (χ1n) is 10.1. The normalized spacial score (nSPS) is 11.8. The minimum Gasteiger partial charge on any atom is -0.462 e. The van der Waals surface area contributed by atoms with E-state index < -0.39 is 5.97 Å². The number of benzene rings is 1. The van der Waals surface area contributed by atoms with Crippen LogP contribution >= 0.6 is 0 Å². The summed E-state index contributed by atoms with van der Waals surface area (Å²) in [5, 5.41) is 0. The highest BCUT2D eigenvalue weighted by Crippen LogP contribution is 2.12. The van der Waals surface area contributed by atoms with Crippen molar-refractivity contribution in [2.75, 3.05) is 6.61 Å². The van der Waals surface area contributed by atoms with Crippen LogP contribution in [0.2, 0.25) is 0 Å². The fourth-order valence-corrected chi connectivity index (χ4v) is 2.80. The maximum Gasteiger partial charge on any atom is 0.338 e. The number of hydrogen-bond acceptors (Lipinski definition) is 4. The number of carbonyl (C=O) groups excluding carboxylic acids is 2. The Morgan fingerprint density at radius 2 is 1.50 bits per heavy atom. The van der Waals surface area contributed by atoms with Gasteiger partial charge in [0.1, 0.15) is 0 Å². The molecule has 1 atom stereocenters. The van der Waals surface area contributed by atoms with E-state index in [0.717, 1.165) is 25.7 Å². The zero-order valence-electron chi connectivity index (χ0n) is 16.6. The van der Waals surface area contributed by atoms with Gasteiger partial charge in [0.25, 0.3) is 0 Å².